The molecule has 0 bridgehead atoms. The van der Waals surface area contributed by atoms with Crippen LogP contribution in [0.2, 0.25) is 30.7 Å². The van der Waals surface area contributed by atoms with E-state index in [4.69, 9.17) is 20.9 Å². The zero-order valence-electron chi connectivity index (χ0n) is 18.8. The third kappa shape index (κ3) is 6.32. The van der Waals surface area contributed by atoms with Crippen LogP contribution in [0.25, 0.3) is 5.57 Å². The first-order chi connectivity index (χ1) is 14.5. The van der Waals surface area contributed by atoms with E-state index in [2.05, 4.69) is 31.4 Å². The Balaban J connectivity index is 2.52. The molecular weight excluding hydrogens is 452 g/mol. The van der Waals surface area contributed by atoms with Gasteiger partial charge in [0.15, 0.2) is 5.76 Å². The zero-order chi connectivity index (χ0) is 23.2. The Hall–Kier alpha value is -1.87. The second-order valence-corrected chi connectivity index (χ2v) is 16.2. The number of aryl methyl sites for hydroxylation is 1. The summed E-state index contributed by atoms with van der Waals surface area (Å²) >= 11 is 6.33. The van der Waals surface area contributed by atoms with E-state index in [9.17, 15) is 8.42 Å². The zero-order valence-corrected chi connectivity index (χ0v) is 21.4. The van der Waals surface area contributed by atoms with E-state index < -0.39 is 18.1 Å². The number of aromatic nitrogens is 1. The Morgan fingerprint density at radius 3 is 2.55 bits per heavy atom. The van der Waals surface area contributed by atoms with E-state index in [0.29, 0.717) is 24.4 Å². The van der Waals surface area contributed by atoms with Crippen molar-refractivity contribution in [3.63, 3.8) is 0 Å². The van der Waals surface area contributed by atoms with Gasteiger partial charge in [-0.1, -0.05) is 80.3 Å². The normalized spacial score (nSPS) is 12.8. The van der Waals surface area contributed by atoms with Gasteiger partial charge in [0.05, 0.1) is 4.90 Å². The smallest absolute Gasteiger partial charge is 0.268 e. The molecule has 0 radical (unpaired) electrons. The van der Waals surface area contributed by atoms with Crippen LogP contribution in [0.15, 0.2) is 52.4 Å². The van der Waals surface area contributed by atoms with Crippen LogP contribution in [0.4, 0.5) is 5.82 Å². The molecule has 1 aromatic heterocycles. The number of rotatable bonds is 11. The molecule has 0 fully saturated rings. The van der Waals surface area contributed by atoms with Crippen molar-refractivity contribution in [3.8, 4) is 0 Å². The van der Waals surface area contributed by atoms with Crippen molar-refractivity contribution >= 4 is 41.1 Å². The molecule has 6 nitrogen and oxygen atoms in total. The molecule has 0 atom stereocenters. The molecular formula is C22H31ClN2O4SSi. The first-order valence-electron chi connectivity index (χ1n) is 10.2. The molecule has 170 valence electrons. The van der Waals surface area contributed by atoms with E-state index in [1.54, 1.807) is 31.2 Å². The van der Waals surface area contributed by atoms with Gasteiger partial charge in [0.2, 0.25) is 5.82 Å². The quantitative estimate of drug-likeness (QED) is 0.167. The van der Waals surface area contributed by atoms with Crippen LogP contribution >= 0.6 is 11.6 Å². The fraction of sp³-hybridized carbons (Fsp3) is 0.409. The lowest BCUT2D eigenvalue weighted by atomic mass is 10.0. The number of sulfonamides is 1. The molecule has 0 saturated carbocycles. The molecule has 1 heterocycles. The van der Waals surface area contributed by atoms with Gasteiger partial charge in [0.25, 0.3) is 10.0 Å². The van der Waals surface area contributed by atoms with E-state index in [-0.39, 0.29) is 22.5 Å². The lowest BCUT2D eigenvalue weighted by Crippen LogP contribution is -2.35. The first kappa shape index (κ1) is 25.4. The van der Waals surface area contributed by atoms with Crippen molar-refractivity contribution in [2.45, 2.75) is 50.8 Å². The molecule has 0 saturated heterocycles. The fourth-order valence-electron chi connectivity index (χ4n) is 2.89. The molecule has 2 aromatic rings. The Labute approximate surface area is 191 Å². The van der Waals surface area contributed by atoms with Crippen molar-refractivity contribution in [1.29, 1.82) is 0 Å². The van der Waals surface area contributed by atoms with Crippen molar-refractivity contribution < 1.29 is 17.7 Å². The summed E-state index contributed by atoms with van der Waals surface area (Å²) in [6.07, 6.45) is 4.11. The van der Waals surface area contributed by atoms with Gasteiger partial charge < -0.3 is 9.26 Å². The van der Waals surface area contributed by atoms with Crippen LogP contribution in [-0.2, 0) is 14.8 Å². The summed E-state index contributed by atoms with van der Waals surface area (Å²) < 4.78 is 39.6. The highest BCUT2D eigenvalue weighted by atomic mass is 35.5. The number of hydrogen-bond acceptors (Lipinski definition) is 5. The average Bonchev–Trinajstić information content (AvgIpc) is 3.03. The number of allylic oxidation sites excluding steroid dienone is 3. The maximum Gasteiger partial charge on any atom is 0.268 e. The number of hydrogen-bond donors (Lipinski definition) is 0. The van der Waals surface area contributed by atoms with Gasteiger partial charge in [-0.15, -0.1) is 0 Å². The lowest BCUT2D eigenvalue weighted by Gasteiger charge is -2.24. The summed E-state index contributed by atoms with van der Waals surface area (Å²) in [5.74, 6) is 0.362. The minimum Gasteiger partial charge on any atom is -0.360 e. The molecule has 0 N–H and O–H groups in total. The highest BCUT2D eigenvalue weighted by molar-refractivity contribution is 7.92. The van der Waals surface area contributed by atoms with Crippen LogP contribution in [0.5, 0.6) is 0 Å². The Kier molecular flexibility index (Phi) is 8.71. The summed E-state index contributed by atoms with van der Waals surface area (Å²) in [5, 5.41) is 4.05. The van der Waals surface area contributed by atoms with E-state index in [1.807, 2.05) is 19.1 Å². The maximum atomic E-state index is 13.8. The van der Waals surface area contributed by atoms with Crippen LogP contribution in [-0.4, -0.2) is 35.0 Å². The molecule has 0 unspecified atom stereocenters. The highest BCUT2D eigenvalue weighted by Gasteiger charge is 2.32. The predicted octanol–water partition coefficient (Wildman–Crippen LogP) is 6.12. The summed E-state index contributed by atoms with van der Waals surface area (Å²) in [6.45, 7) is 14.3. The molecule has 0 spiro atoms. The summed E-state index contributed by atoms with van der Waals surface area (Å²) in [6, 6.07) is 7.77. The number of benzene rings is 1. The van der Waals surface area contributed by atoms with Gasteiger partial charge in [-0.2, -0.15) is 0 Å². The molecule has 0 aliphatic rings. The maximum absolute atomic E-state index is 13.8. The largest absolute Gasteiger partial charge is 0.360 e. The van der Waals surface area contributed by atoms with Crippen LogP contribution in [0.3, 0.4) is 0 Å². The van der Waals surface area contributed by atoms with E-state index >= 15 is 0 Å². The summed E-state index contributed by atoms with van der Waals surface area (Å²) in [4.78, 5) is 0.149. The minimum absolute atomic E-state index is 0.0210. The van der Waals surface area contributed by atoms with Gasteiger partial charge in [-0.25, -0.2) is 12.7 Å². The topological polar surface area (TPSA) is 72.6 Å². The van der Waals surface area contributed by atoms with Crippen LogP contribution in [0.1, 0.15) is 24.7 Å². The lowest BCUT2D eigenvalue weighted by molar-refractivity contribution is 0.155. The van der Waals surface area contributed by atoms with E-state index in [0.717, 1.165) is 15.9 Å². The Morgan fingerprint density at radius 2 is 2.00 bits per heavy atom. The number of ether oxygens (including phenoxy) is 1. The van der Waals surface area contributed by atoms with E-state index in [1.165, 1.54) is 0 Å². The van der Waals surface area contributed by atoms with Gasteiger partial charge >= 0.3 is 0 Å². The molecule has 9 heteroatoms. The van der Waals surface area contributed by atoms with Gasteiger partial charge in [0.1, 0.15) is 11.8 Å². The van der Waals surface area contributed by atoms with Gasteiger partial charge in [0, 0.05) is 14.7 Å². The highest BCUT2D eigenvalue weighted by Crippen LogP contribution is 2.34. The standard InChI is InChI=1S/C22H31ClN2O4SSi/c1-7-11-18(8-2)19-12-9-10-13-20(19)30(26,27)25(16-28-14-15-31(4,5)6)22-21(23)17(3)29-24-22/h7,9-13H,1,8,14-16H2,2-6H3/b18-11+. The monoisotopic (exact) mass is 482 g/mol. The summed E-state index contributed by atoms with van der Waals surface area (Å²) in [7, 11) is -5.38. The van der Waals surface area contributed by atoms with Crippen molar-refractivity contribution in [1.82, 2.24) is 5.16 Å². The fourth-order valence-corrected chi connectivity index (χ4v) is 5.40. The second-order valence-electron chi connectivity index (χ2n) is 8.36. The number of anilines is 1. The molecule has 0 aliphatic heterocycles. The van der Waals surface area contributed by atoms with Crippen LogP contribution in [0, 0.1) is 6.92 Å². The third-order valence-electron chi connectivity index (χ3n) is 4.72. The minimum atomic E-state index is -4.05. The molecule has 0 amide bonds. The van der Waals surface area contributed by atoms with Crippen LogP contribution < -0.4 is 4.31 Å². The molecule has 2 rings (SSSR count). The Bertz CT molecular complexity index is 1040. The third-order valence-corrected chi connectivity index (χ3v) is 8.63. The molecule has 31 heavy (non-hydrogen) atoms. The predicted molar refractivity (Wildman–Crippen MR) is 130 cm³/mol. The Morgan fingerprint density at radius 1 is 1.32 bits per heavy atom. The second kappa shape index (κ2) is 10.6. The van der Waals surface area contributed by atoms with Crippen molar-refractivity contribution in [2.24, 2.45) is 0 Å². The number of halogens is 1. The molecule has 0 aliphatic carbocycles. The molecule has 1 aromatic carbocycles. The average molecular weight is 483 g/mol. The number of nitrogens with zero attached hydrogens (tertiary/aromatic N) is 2. The van der Waals surface area contributed by atoms with Crippen molar-refractivity contribution in [2.75, 3.05) is 17.6 Å². The van der Waals surface area contributed by atoms with Gasteiger partial charge in [-0.3, -0.25) is 0 Å². The summed E-state index contributed by atoms with van der Waals surface area (Å²) in [5.41, 5.74) is 1.46. The van der Waals surface area contributed by atoms with Crippen molar-refractivity contribution in [3.05, 3.63) is 59.3 Å². The van der Waals surface area contributed by atoms with Gasteiger partial charge in [-0.05, 0) is 36.6 Å². The first-order valence-corrected chi connectivity index (χ1v) is 15.7. The SMILES string of the molecule is C=C/C=C(\CC)c1ccccc1S(=O)(=O)N(COCC[Si](C)(C)C)c1noc(C)c1Cl.